The van der Waals surface area contributed by atoms with Crippen LogP contribution in [0.15, 0.2) is 17.2 Å². The Morgan fingerprint density at radius 1 is 1.24 bits per heavy atom. The summed E-state index contributed by atoms with van der Waals surface area (Å²) >= 11 is 1.52. The molecule has 3 aromatic heterocycles. The van der Waals surface area contributed by atoms with Gasteiger partial charge in [0.25, 0.3) is 5.56 Å². The van der Waals surface area contributed by atoms with Gasteiger partial charge in [-0.1, -0.05) is 0 Å². The smallest absolute Gasteiger partial charge is 0.262 e. The van der Waals surface area contributed by atoms with Gasteiger partial charge in [0.2, 0.25) is 0 Å². The molecule has 0 spiro atoms. The quantitative estimate of drug-likeness (QED) is 0.664. The molecule has 3 rings (SSSR count). The number of Topliss-reactive ketones (excluding diaryl/α,β-unsaturated/α-hetero) is 1. The Bertz CT molecular complexity index is 1040. The van der Waals surface area contributed by atoms with Gasteiger partial charge in [-0.2, -0.15) is 0 Å². The summed E-state index contributed by atoms with van der Waals surface area (Å²) in [6.45, 7) is 12.1. The molecule has 0 aliphatic rings. The lowest BCUT2D eigenvalue weighted by atomic mass is 10.1. The van der Waals surface area contributed by atoms with Crippen molar-refractivity contribution in [3.05, 3.63) is 50.1 Å². The zero-order valence-corrected chi connectivity index (χ0v) is 16.3. The molecule has 3 aromatic rings. The Kier molecular flexibility index (Phi) is 4.41. The van der Waals surface area contributed by atoms with Gasteiger partial charge in [-0.25, -0.2) is 4.98 Å². The molecule has 0 aromatic carbocycles. The summed E-state index contributed by atoms with van der Waals surface area (Å²) in [5, 5.41) is 0.630. The van der Waals surface area contributed by atoms with Crippen molar-refractivity contribution in [1.82, 2.24) is 14.1 Å². The van der Waals surface area contributed by atoms with E-state index in [4.69, 9.17) is 0 Å². The monoisotopic (exact) mass is 357 g/mol. The Labute approximate surface area is 150 Å². The van der Waals surface area contributed by atoms with Gasteiger partial charge < -0.3 is 4.57 Å². The van der Waals surface area contributed by atoms with Gasteiger partial charge in [-0.15, -0.1) is 11.3 Å². The van der Waals surface area contributed by atoms with E-state index in [1.807, 2.05) is 33.8 Å². The third kappa shape index (κ3) is 2.84. The number of rotatable bonds is 4. The number of thiophene rings is 1. The van der Waals surface area contributed by atoms with Gasteiger partial charge in [0, 0.05) is 27.9 Å². The molecule has 0 fully saturated rings. The van der Waals surface area contributed by atoms with Crippen LogP contribution in [-0.2, 0) is 6.54 Å². The molecule has 0 saturated heterocycles. The summed E-state index contributed by atoms with van der Waals surface area (Å²) in [5.41, 5.74) is 3.50. The number of aromatic nitrogens is 3. The minimum Gasteiger partial charge on any atom is -0.346 e. The average molecular weight is 357 g/mol. The van der Waals surface area contributed by atoms with Crippen LogP contribution in [0, 0.1) is 27.7 Å². The molecule has 25 heavy (non-hydrogen) atoms. The van der Waals surface area contributed by atoms with Crippen LogP contribution in [0.3, 0.4) is 0 Å². The minimum absolute atomic E-state index is 0.0124. The van der Waals surface area contributed by atoms with E-state index in [1.165, 1.54) is 22.2 Å². The van der Waals surface area contributed by atoms with E-state index in [-0.39, 0.29) is 17.9 Å². The Balaban J connectivity index is 2.01. The predicted molar refractivity (Wildman–Crippen MR) is 102 cm³/mol. The second-order valence-electron chi connectivity index (χ2n) is 6.81. The molecule has 0 N–H and O–H groups in total. The molecule has 0 radical (unpaired) electrons. The van der Waals surface area contributed by atoms with Crippen LogP contribution in [0.1, 0.15) is 52.1 Å². The number of hydrogen-bond acceptors (Lipinski definition) is 4. The highest BCUT2D eigenvalue weighted by Gasteiger charge is 2.19. The molecule has 0 atom stereocenters. The van der Waals surface area contributed by atoms with Crippen LogP contribution in [0.4, 0.5) is 0 Å². The molecule has 132 valence electrons. The molecule has 6 heteroatoms. The molecule has 0 bridgehead atoms. The first kappa shape index (κ1) is 17.6. The summed E-state index contributed by atoms with van der Waals surface area (Å²) in [7, 11) is 0. The van der Waals surface area contributed by atoms with E-state index >= 15 is 0 Å². The van der Waals surface area contributed by atoms with Crippen LogP contribution in [0.5, 0.6) is 0 Å². The van der Waals surface area contributed by atoms with Crippen LogP contribution < -0.4 is 5.56 Å². The van der Waals surface area contributed by atoms with E-state index in [0.717, 1.165) is 26.7 Å². The summed E-state index contributed by atoms with van der Waals surface area (Å²) in [4.78, 5) is 31.8. The maximum Gasteiger partial charge on any atom is 0.262 e. The Hall–Kier alpha value is -2.21. The first-order chi connectivity index (χ1) is 11.7. The maximum atomic E-state index is 12.8. The van der Waals surface area contributed by atoms with E-state index in [9.17, 15) is 9.59 Å². The molecule has 0 saturated carbocycles. The number of carbonyl (C=O) groups excluding carboxylic acids is 1. The van der Waals surface area contributed by atoms with Gasteiger partial charge in [0.1, 0.15) is 4.83 Å². The van der Waals surface area contributed by atoms with Crippen LogP contribution in [-0.4, -0.2) is 19.9 Å². The fourth-order valence-electron chi connectivity index (χ4n) is 3.48. The minimum atomic E-state index is -0.141. The maximum absolute atomic E-state index is 12.8. The van der Waals surface area contributed by atoms with Crippen molar-refractivity contribution < 1.29 is 4.79 Å². The molecule has 5 nitrogen and oxygen atoms in total. The van der Waals surface area contributed by atoms with E-state index in [0.29, 0.717) is 17.0 Å². The standard InChI is InChI=1S/C19H23N3O2S/c1-10(2)22-11(3)7-15(13(22)5)16(23)8-21-9-20-18-17(19(21)24)12(4)14(6)25-18/h7,9-10H,8H2,1-6H3. The summed E-state index contributed by atoms with van der Waals surface area (Å²) < 4.78 is 3.56. The predicted octanol–water partition coefficient (Wildman–Crippen LogP) is 3.96. The van der Waals surface area contributed by atoms with Crippen LogP contribution >= 0.6 is 11.3 Å². The number of nitrogens with zero attached hydrogens (tertiary/aromatic N) is 3. The highest BCUT2D eigenvalue weighted by molar-refractivity contribution is 7.18. The molecular weight excluding hydrogens is 334 g/mol. The van der Waals surface area contributed by atoms with Crippen molar-refractivity contribution in [2.45, 2.75) is 54.1 Å². The number of fused-ring (bicyclic) bond motifs is 1. The Morgan fingerprint density at radius 2 is 1.92 bits per heavy atom. The molecular formula is C19H23N3O2S. The van der Waals surface area contributed by atoms with E-state index in [1.54, 1.807) is 0 Å². The molecule has 0 aliphatic carbocycles. The van der Waals surface area contributed by atoms with Crippen molar-refractivity contribution in [2.24, 2.45) is 0 Å². The van der Waals surface area contributed by atoms with Gasteiger partial charge in [0.15, 0.2) is 5.78 Å². The van der Waals surface area contributed by atoms with Crippen molar-refractivity contribution in [3.63, 3.8) is 0 Å². The highest BCUT2D eigenvalue weighted by Crippen LogP contribution is 2.25. The average Bonchev–Trinajstić information content (AvgIpc) is 2.99. The van der Waals surface area contributed by atoms with Crippen molar-refractivity contribution in [1.29, 1.82) is 0 Å². The van der Waals surface area contributed by atoms with Crippen molar-refractivity contribution in [3.8, 4) is 0 Å². The van der Waals surface area contributed by atoms with Crippen LogP contribution in [0.25, 0.3) is 10.2 Å². The Morgan fingerprint density at radius 3 is 2.52 bits per heavy atom. The summed E-state index contributed by atoms with van der Waals surface area (Å²) in [6, 6.07) is 2.20. The number of hydrogen-bond donors (Lipinski definition) is 0. The zero-order valence-electron chi connectivity index (χ0n) is 15.5. The van der Waals surface area contributed by atoms with Gasteiger partial charge >= 0.3 is 0 Å². The lowest BCUT2D eigenvalue weighted by Gasteiger charge is -2.13. The summed E-state index contributed by atoms with van der Waals surface area (Å²) in [5.74, 6) is -0.0622. The van der Waals surface area contributed by atoms with Gasteiger partial charge in [-0.05, 0) is 53.2 Å². The van der Waals surface area contributed by atoms with Crippen molar-refractivity contribution >= 4 is 27.3 Å². The normalized spacial score (nSPS) is 11.6. The fraction of sp³-hybridized carbons (Fsp3) is 0.421. The fourth-order valence-corrected chi connectivity index (χ4v) is 4.46. The van der Waals surface area contributed by atoms with Crippen LogP contribution in [0.2, 0.25) is 0 Å². The SMILES string of the molecule is Cc1sc2ncn(CC(=O)c3cc(C)n(C(C)C)c3C)c(=O)c2c1C. The third-order valence-corrected chi connectivity index (χ3v) is 5.89. The lowest BCUT2D eigenvalue weighted by Crippen LogP contribution is -2.25. The highest BCUT2D eigenvalue weighted by atomic mass is 32.1. The largest absolute Gasteiger partial charge is 0.346 e. The van der Waals surface area contributed by atoms with Crippen molar-refractivity contribution in [2.75, 3.05) is 0 Å². The second-order valence-corrected chi connectivity index (χ2v) is 8.02. The number of carbonyl (C=O) groups is 1. The summed E-state index contributed by atoms with van der Waals surface area (Å²) in [6.07, 6.45) is 1.49. The number of aryl methyl sites for hydroxylation is 3. The second kappa shape index (κ2) is 6.26. The zero-order chi connectivity index (χ0) is 18.5. The molecule has 0 amide bonds. The first-order valence-electron chi connectivity index (χ1n) is 8.39. The van der Waals surface area contributed by atoms with Gasteiger partial charge in [0.05, 0.1) is 18.3 Å². The third-order valence-electron chi connectivity index (χ3n) is 4.77. The number of ketones is 1. The topological polar surface area (TPSA) is 56.9 Å². The first-order valence-corrected chi connectivity index (χ1v) is 9.20. The molecule has 3 heterocycles. The van der Waals surface area contributed by atoms with E-state index in [2.05, 4.69) is 23.4 Å². The van der Waals surface area contributed by atoms with E-state index < -0.39 is 0 Å². The van der Waals surface area contributed by atoms with Gasteiger partial charge in [-0.3, -0.25) is 14.2 Å². The molecule has 0 aliphatic heterocycles. The lowest BCUT2D eigenvalue weighted by molar-refractivity contribution is 0.0970. The molecule has 0 unspecified atom stereocenters.